The van der Waals surface area contributed by atoms with Crippen molar-refractivity contribution in [2.24, 2.45) is 0 Å². The van der Waals surface area contributed by atoms with Crippen LogP contribution < -0.4 is 10.6 Å². The smallest absolute Gasteiger partial charge is 0.358 e. The minimum Gasteiger partial charge on any atom is -0.358 e. The molecule has 4 rings (SSSR count). The number of anilines is 1. The van der Waals surface area contributed by atoms with Gasteiger partial charge in [-0.1, -0.05) is 6.42 Å². The third-order valence-corrected chi connectivity index (χ3v) is 5.94. The highest BCUT2D eigenvalue weighted by atomic mass is 19.4. The summed E-state index contributed by atoms with van der Waals surface area (Å²) in [6.07, 6.45) is -0.533. The predicted molar refractivity (Wildman–Crippen MR) is 116 cm³/mol. The largest absolute Gasteiger partial charge is 0.419 e. The molecule has 1 saturated heterocycles. The predicted octanol–water partition coefficient (Wildman–Crippen LogP) is 4.19. The van der Waals surface area contributed by atoms with Crippen molar-refractivity contribution in [2.75, 3.05) is 31.5 Å². The summed E-state index contributed by atoms with van der Waals surface area (Å²) >= 11 is 0. The number of H-pyrrole nitrogens is 1. The summed E-state index contributed by atoms with van der Waals surface area (Å²) in [6.45, 7) is 3.99. The van der Waals surface area contributed by atoms with Crippen molar-refractivity contribution in [2.45, 2.75) is 32.4 Å². The molecule has 2 aliphatic rings. The fraction of sp³-hybridized carbons (Fsp3) is 0.391. The lowest BCUT2D eigenvalue weighted by Crippen LogP contribution is -2.38. The zero-order valence-corrected chi connectivity index (χ0v) is 18.0. The van der Waals surface area contributed by atoms with E-state index in [1.807, 2.05) is 0 Å². The Bertz CT molecular complexity index is 1110. The molecule has 1 fully saturated rings. The number of aromatic amines is 1. The van der Waals surface area contributed by atoms with Crippen molar-refractivity contribution < 1.29 is 27.2 Å². The van der Waals surface area contributed by atoms with Gasteiger partial charge in [-0.05, 0) is 57.1 Å². The summed E-state index contributed by atoms with van der Waals surface area (Å²) in [4.78, 5) is 29.8. The Balaban J connectivity index is 1.64. The van der Waals surface area contributed by atoms with E-state index in [4.69, 9.17) is 0 Å². The summed E-state index contributed by atoms with van der Waals surface area (Å²) in [5.41, 5.74) is -1.71. The Morgan fingerprint density at radius 2 is 1.94 bits per heavy atom. The van der Waals surface area contributed by atoms with E-state index in [0.29, 0.717) is 12.2 Å². The fourth-order valence-electron chi connectivity index (χ4n) is 4.38. The molecule has 0 aliphatic carbocycles. The second kappa shape index (κ2) is 9.01. The Hall–Kier alpha value is -3.14. The SMILES string of the molecule is Cc1[nH]c(/C=C2\C(=O)Nc3ccc(F)cc32)c(C(F)(F)F)c1C(=O)NCCN1CCCCC1. The number of aromatic nitrogens is 1. The van der Waals surface area contributed by atoms with Gasteiger partial charge in [0.1, 0.15) is 5.82 Å². The number of benzene rings is 1. The Morgan fingerprint density at radius 1 is 1.21 bits per heavy atom. The molecule has 0 radical (unpaired) electrons. The van der Waals surface area contributed by atoms with Crippen LogP contribution in [0.4, 0.5) is 23.2 Å². The van der Waals surface area contributed by atoms with E-state index >= 15 is 0 Å². The third-order valence-electron chi connectivity index (χ3n) is 5.94. The highest BCUT2D eigenvalue weighted by Gasteiger charge is 2.41. The number of nitrogens with zero attached hydrogens (tertiary/aromatic N) is 1. The average Bonchev–Trinajstić information content (AvgIpc) is 3.25. The van der Waals surface area contributed by atoms with E-state index < -0.39 is 40.6 Å². The van der Waals surface area contributed by atoms with Crippen LogP contribution in [-0.2, 0) is 11.0 Å². The lowest BCUT2D eigenvalue weighted by Gasteiger charge is -2.26. The molecule has 3 N–H and O–H groups in total. The van der Waals surface area contributed by atoms with Crippen molar-refractivity contribution in [1.29, 1.82) is 0 Å². The molecule has 1 aromatic carbocycles. The maximum absolute atomic E-state index is 14.0. The van der Waals surface area contributed by atoms with Gasteiger partial charge in [-0.25, -0.2) is 4.39 Å². The lowest BCUT2D eigenvalue weighted by molar-refractivity contribution is -0.138. The second-order valence-electron chi connectivity index (χ2n) is 8.27. The van der Waals surface area contributed by atoms with Gasteiger partial charge in [0.25, 0.3) is 11.8 Å². The van der Waals surface area contributed by atoms with Crippen LogP contribution in [0.3, 0.4) is 0 Å². The molecule has 0 unspecified atom stereocenters. The average molecular weight is 464 g/mol. The molecular formula is C23H24F4N4O2. The number of amides is 2. The summed E-state index contributed by atoms with van der Waals surface area (Å²) < 4.78 is 55.8. The molecule has 6 nitrogen and oxygen atoms in total. The molecule has 2 amide bonds. The van der Waals surface area contributed by atoms with Gasteiger partial charge in [-0.15, -0.1) is 0 Å². The topological polar surface area (TPSA) is 77.2 Å². The Kier molecular flexibility index (Phi) is 6.29. The van der Waals surface area contributed by atoms with E-state index in [0.717, 1.165) is 50.6 Å². The molecule has 33 heavy (non-hydrogen) atoms. The highest BCUT2D eigenvalue weighted by molar-refractivity contribution is 6.35. The maximum Gasteiger partial charge on any atom is 0.419 e. The van der Waals surface area contributed by atoms with Crippen molar-refractivity contribution in [3.63, 3.8) is 0 Å². The van der Waals surface area contributed by atoms with Gasteiger partial charge in [0, 0.05) is 30.0 Å². The van der Waals surface area contributed by atoms with Crippen molar-refractivity contribution in [3.05, 3.63) is 52.1 Å². The molecule has 0 spiro atoms. The number of piperidine rings is 1. The lowest BCUT2D eigenvalue weighted by atomic mass is 10.0. The fourth-order valence-corrected chi connectivity index (χ4v) is 4.38. The van der Waals surface area contributed by atoms with Crippen LogP contribution in [0.25, 0.3) is 11.6 Å². The number of likely N-dealkylation sites (tertiary alicyclic amines) is 1. The van der Waals surface area contributed by atoms with Crippen LogP contribution in [-0.4, -0.2) is 47.9 Å². The first-order chi connectivity index (χ1) is 15.6. The highest BCUT2D eigenvalue weighted by Crippen LogP contribution is 2.40. The quantitative estimate of drug-likeness (QED) is 0.459. The molecule has 2 aliphatic heterocycles. The van der Waals surface area contributed by atoms with Crippen LogP contribution in [0, 0.1) is 12.7 Å². The number of fused-ring (bicyclic) bond motifs is 1. The third kappa shape index (κ3) is 4.80. The van der Waals surface area contributed by atoms with Crippen molar-refractivity contribution in [1.82, 2.24) is 15.2 Å². The number of aryl methyl sites for hydroxylation is 1. The van der Waals surface area contributed by atoms with Crippen LogP contribution in [0.1, 0.15) is 52.1 Å². The molecule has 2 aromatic rings. The molecule has 0 bridgehead atoms. The monoisotopic (exact) mass is 464 g/mol. The van der Waals surface area contributed by atoms with E-state index in [1.165, 1.54) is 13.0 Å². The first-order valence-electron chi connectivity index (χ1n) is 10.8. The summed E-state index contributed by atoms with van der Waals surface area (Å²) in [6, 6.07) is 3.57. The molecule has 0 atom stereocenters. The number of carbonyl (C=O) groups is 2. The number of hydrogen-bond donors (Lipinski definition) is 3. The van der Waals surface area contributed by atoms with Gasteiger partial charge in [0.2, 0.25) is 0 Å². The Labute approximate surface area is 188 Å². The molecular weight excluding hydrogens is 440 g/mol. The second-order valence-corrected chi connectivity index (χ2v) is 8.27. The first-order valence-corrected chi connectivity index (χ1v) is 10.8. The van der Waals surface area contributed by atoms with Gasteiger partial charge in [-0.3, -0.25) is 9.59 Å². The van der Waals surface area contributed by atoms with Crippen LogP contribution in [0.2, 0.25) is 0 Å². The number of hydrogen-bond acceptors (Lipinski definition) is 3. The maximum atomic E-state index is 14.0. The molecule has 1 aromatic heterocycles. The molecule has 3 heterocycles. The zero-order valence-electron chi connectivity index (χ0n) is 18.0. The first kappa shape index (κ1) is 23.0. The van der Waals surface area contributed by atoms with E-state index in [2.05, 4.69) is 20.5 Å². The van der Waals surface area contributed by atoms with Gasteiger partial charge >= 0.3 is 6.18 Å². The van der Waals surface area contributed by atoms with Crippen LogP contribution in [0.5, 0.6) is 0 Å². The number of nitrogens with one attached hydrogen (secondary N) is 3. The van der Waals surface area contributed by atoms with Crippen LogP contribution in [0.15, 0.2) is 18.2 Å². The number of halogens is 4. The van der Waals surface area contributed by atoms with Crippen molar-refractivity contribution in [3.8, 4) is 0 Å². The van der Waals surface area contributed by atoms with Crippen molar-refractivity contribution >= 4 is 29.2 Å². The standard InChI is InChI=1S/C23H24F4N4O2/c1-13-19(22(33)28-7-10-31-8-3-2-4-9-31)20(23(25,26)27)18(29-13)12-16-15-11-14(24)5-6-17(15)30-21(16)32/h5-6,11-12,29H,2-4,7-10H2,1H3,(H,28,33)(H,30,32)/b16-12-. The number of carbonyl (C=O) groups excluding carboxylic acids is 2. The molecule has 0 saturated carbocycles. The number of rotatable bonds is 5. The van der Waals surface area contributed by atoms with E-state index in [1.54, 1.807) is 0 Å². The van der Waals surface area contributed by atoms with Gasteiger partial charge in [-0.2, -0.15) is 13.2 Å². The molecule has 176 valence electrons. The van der Waals surface area contributed by atoms with Crippen LogP contribution >= 0.6 is 0 Å². The van der Waals surface area contributed by atoms with Gasteiger partial charge < -0.3 is 20.5 Å². The molecule has 10 heteroatoms. The minimum atomic E-state index is -4.85. The normalized spacial score (nSPS) is 17.8. The van der Waals surface area contributed by atoms with Gasteiger partial charge in [0.05, 0.1) is 22.4 Å². The summed E-state index contributed by atoms with van der Waals surface area (Å²) in [5, 5.41) is 5.09. The van der Waals surface area contributed by atoms with E-state index in [9.17, 15) is 27.2 Å². The minimum absolute atomic E-state index is 0.0301. The number of alkyl halides is 3. The summed E-state index contributed by atoms with van der Waals surface area (Å²) in [5.74, 6) is -2.10. The zero-order chi connectivity index (χ0) is 23.8. The van der Waals surface area contributed by atoms with Gasteiger partial charge in [0.15, 0.2) is 0 Å². The van der Waals surface area contributed by atoms with E-state index in [-0.39, 0.29) is 23.4 Å². The Morgan fingerprint density at radius 3 is 2.64 bits per heavy atom. The summed E-state index contributed by atoms with van der Waals surface area (Å²) in [7, 11) is 0.